The SMILES string of the molecule is O=c1c(Cc2ccco2)nc2c(-c3ccc4nonc4c3)[nH]c(-c3ccccc3)cn1-2. The lowest BCUT2D eigenvalue weighted by molar-refractivity contribution is 0.315. The molecule has 2 aromatic heterocycles. The number of nitrogens with one attached hydrogen (secondary N) is 1. The number of nitrogens with zero attached hydrogens (tertiary/aromatic N) is 4. The van der Waals surface area contributed by atoms with E-state index in [-0.39, 0.29) is 5.56 Å². The highest BCUT2D eigenvalue weighted by Crippen LogP contribution is 2.30. The fraction of sp³-hybridized carbons (Fsp3) is 0.0435. The van der Waals surface area contributed by atoms with Crippen molar-refractivity contribution < 1.29 is 9.05 Å². The molecule has 0 saturated heterocycles. The van der Waals surface area contributed by atoms with Crippen LogP contribution in [-0.4, -0.2) is 24.8 Å². The minimum absolute atomic E-state index is 0.178. The average Bonchev–Trinajstić information content (AvgIpc) is 3.55. The van der Waals surface area contributed by atoms with Crippen LogP contribution in [0.2, 0.25) is 0 Å². The minimum atomic E-state index is -0.178. The van der Waals surface area contributed by atoms with Gasteiger partial charge in [-0.15, -0.1) is 0 Å². The van der Waals surface area contributed by atoms with Crippen molar-refractivity contribution in [2.45, 2.75) is 6.42 Å². The number of furan rings is 1. The summed E-state index contributed by atoms with van der Waals surface area (Å²) in [7, 11) is 0. The summed E-state index contributed by atoms with van der Waals surface area (Å²) >= 11 is 0. The summed E-state index contributed by atoms with van der Waals surface area (Å²) in [5, 5.41) is 7.80. The monoisotopic (exact) mass is 409 g/mol. The number of rotatable bonds is 4. The van der Waals surface area contributed by atoms with E-state index in [4.69, 9.17) is 9.05 Å². The Morgan fingerprint density at radius 3 is 2.65 bits per heavy atom. The number of aromatic amines is 1. The zero-order chi connectivity index (χ0) is 20.8. The number of fused-ring (bicyclic) bond motifs is 2. The molecule has 0 saturated carbocycles. The molecule has 150 valence electrons. The van der Waals surface area contributed by atoms with Gasteiger partial charge < -0.3 is 9.40 Å². The van der Waals surface area contributed by atoms with E-state index in [9.17, 15) is 4.79 Å². The molecule has 6 rings (SSSR count). The second kappa shape index (κ2) is 6.81. The molecule has 1 N–H and O–H groups in total. The molecular formula is C23H15N5O3. The first kappa shape index (κ1) is 17.4. The molecule has 0 unspecified atom stereocenters. The summed E-state index contributed by atoms with van der Waals surface area (Å²) in [6, 6.07) is 19.0. The van der Waals surface area contributed by atoms with Crippen LogP contribution in [-0.2, 0) is 6.42 Å². The highest BCUT2D eigenvalue weighted by molar-refractivity contribution is 5.82. The summed E-state index contributed by atoms with van der Waals surface area (Å²) in [5.74, 6) is 1.21. The predicted octanol–water partition coefficient (Wildman–Crippen LogP) is 4.05. The van der Waals surface area contributed by atoms with Crippen LogP contribution in [0.5, 0.6) is 0 Å². The van der Waals surface area contributed by atoms with Gasteiger partial charge in [0.1, 0.15) is 22.5 Å². The van der Waals surface area contributed by atoms with E-state index in [0.29, 0.717) is 40.4 Å². The van der Waals surface area contributed by atoms with Crippen LogP contribution < -0.4 is 5.56 Å². The maximum Gasteiger partial charge on any atom is 0.278 e. The fourth-order valence-electron chi connectivity index (χ4n) is 3.71. The van der Waals surface area contributed by atoms with Crippen LogP contribution in [0.4, 0.5) is 0 Å². The predicted molar refractivity (Wildman–Crippen MR) is 113 cm³/mol. The third-order valence-corrected chi connectivity index (χ3v) is 5.23. The van der Waals surface area contributed by atoms with E-state index in [0.717, 1.165) is 16.8 Å². The van der Waals surface area contributed by atoms with Crippen molar-refractivity contribution in [3.8, 4) is 28.3 Å². The molecule has 0 atom stereocenters. The summed E-state index contributed by atoms with van der Waals surface area (Å²) in [6.45, 7) is 0. The van der Waals surface area contributed by atoms with Crippen molar-refractivity contribution in [2.75, 3.05) is 0 Å². The van der Waals surface area contributed by atoms with Gasteiger partial charge in [0, 0.05) is 11.8 Å². The second-order valence-electron chi connectivity index (χ2n) is 7.19. The molecule has 8 heteroatoms. The van der Waals surface area contributed by atoms with Gasteiger partial charge >= 0.3 is 0 Å². The number of hydrogen-bond donors (Lipinski definition) is 1. The topological polar surface area (TPSA) is 103 Å². The summed E-state index contributed by atoms with van der Waals surface area (Å²) in [6.07, 6.45) is 3.69. The lowest BCUT2D eigenvalue weighted by Gasteiger charge is -2.13. The molecule has 0 aliphatic carbocycles. The van der Waals surface area contributed by atoms with Gasteiger partial charge in [-0.3, -0.25) is 9.36 Å². The highest BCUT2D eigenvalue weighted by atomic mass is 16.6. The van der Waals surface area contributed by atoms with Crippen LogP contribution >= 0.6 is 0 Å². The zero-order valence-corrected chi connectivity index (χ0v) is 16.1. The molecule has 2 aromatic carbocycles. The Labute approximate surface area is 175 Å². The molecule has 31 heavy (non-hydrogen) atoms. The Bertz CT molecular complexity index is 1530. The van der Waals surface area contributed by atoms with E-state index in [1.807, 2.05) is 54.6 Å². The average molecular weight is 409 g/mol. The lowest BCUT2D eigenvalue weighted by atomic mass is 10.1. The van der Waals surface area contributed by atoms with Crippen LogP contribution in [0.3, 0.4) is 0 Å². The van der Waals surface area contributed by atoms with Gasteiger partial charge in [-0.2, -0.15) is 0 Å². The van der Waals surface area contributed by atoms with Gasteiger partial charge in [-0.25, -0.2) is 9.61 Å². The third kappa shape index (κ3) is 2.93. The van der Waals surface area contributed by atoms with Crippen molar-refractivity contribution in [3.63, 3.8) is 0 Å². The Hall–Kier alpha value is -4.46. The van der Waals surface area contributed by atoms with Crippen molar-refractivity contribution in [1.29, 1.82) is 0 Å². The number of H-pyrrole nitrogens is 1. The van der Waals surface area contributed by atoms with Crippen molar-refractivity contribution in [2.24, 2.45) is 0 Å². The van der Waals surface area contributed by atoms with Gasteiger partial charge in [-0.1, -0.05) is 36.4 Å². The van der Waals surface area contributed by atoms with Crippen molar-refractivity contribution >= 4 is 11.0 Å². The normalized spacial score (nSPS) is 11.5. The maximum absolute atomic E-state index is 13.2. The fourth-order valence-corrected chi connectivity index (χ4v) is 3.71. The third-order valence-electron chi connectivity index (χ3n) is 5.23. The minimum Gasteiger partial charge on any atom is -0.469 e. The van der Waals surface area contributed by atoms with E-state index in [2.05, 4.69) is 20.3 Å². The van der Waals surface area contributed by atoms with Crippen LogP contribution in [0.1, 0.15) is 11.5 Å². The maximum atomic E-state index is 13.2. The van der Waals surface area contributed by atoms with E-state index in [1.165, 1.54) is 0 Å². The van der Waals surface area contributed by atoms with Gasteiger partial charge in [0.2, 0.25) is 0 Å². The zero-order valence-electron chi connectivity index (χ0n) is 16.1. The van der Waals surface area contributed by atoms with E-state index >= 15 is 0 Å². The number of hydrogen-bond acceptors (Lipinski definition) is 6. The lowest BCUT2D eigenvalue weighted by Crippen LogP contribution is -2.16. The van der Waals surface area contributed by atoms with Crippen LogP contribution in [0.15, 0.2) is 87.0 Å². The molecule has 2 aliphatic rings. The molecule has 4 aromatic rings. The molecule has 0 radical (unpaired) electrons. The first-order chi connectivity index (χ1) is 15.3. The molecule has 0 fully saturated rings. The second-order valence-corrected chi connectivity index (χ2v) is 7.19. The largest absolute Gasteiger partial charge is 0.469 e. The van der Waals surface area contributed by atoms with Gasteiger partial charge in [0.25, 0.3) is 5.56 Å². The molecule has 8 nitrogen and oxygen atoms in total. The molecular weight excluding hydrogens is 394 g/mol. The summed E-state index contributed by atoms with van der Waals surface area (Å²) in [5.41, 5.74) is 4.79. The first-order valence-electron chi connectivity index (χ1n) is 9.71. The number of imidazole rings is 1. The number of benzene rings is 2. The van der Waals surface area contributed by atoms with Crippen molar-refractivity contribution in [1.82, 2.24) is 24.8 Å². The number of aromatic nitrogens is 5. The smallest absolute Gasteiger partial charge is 0.278 e. The highest BCUT2D eigenvalue weighted by Gasteiger charge is 2.22. The van der Waals surface area contributed by atoms with Crippen molar-refractivity contribution in [3.05, 3.63) is 94.9 Å². The van der Waals surface area contributed by atoms with Gasteiger partial charge in [0.05, 0.1) is 24.1 Å². The molecule has 0 amide bonds. The Balaban J connectivity index is 1.60. The van der Waals surface area contributed by atoms with Crippen LogP contribution in [0, 0.1) is 0 Å². The van der Waals surface area contributed by atoms with Gasteiger partial charge in [0.15, 0.2) is 5.82 Å². The Morgan fingerprint density at radius 1 is 0.935 bits per heavy atom. The standard InChI is InChI=1S/C23H15N5O3/c29-23-19(12-16-7-4-10-30-16)25-22-21(15-8-9-17-18(11-15)27-31-26-17)24-20(13-28(22)23)14-5-2-1-3-6-14/h1-11,13,24H,12H2. The quantitative estimate of drug-likeness (QED) is 0.471. The van der Waals surface area contributed by atoms with Crippen LogP contribution in [0.25, 0.3) is 39.4 Å². The van der Waals surface area contributed by atoms with Gasteiger partial charge in [-0.05, 0) is 40.1 Å². The molecule has 2 aliphatic heterocycles. The Morgan fingerprint density at radius 2 is 1.81 bits per heavy atom. The summed E-state index contributed by atoms with van der Waals surface area (Å²) < 4.78 is 11.8. The summed E-state index contributed by atoms with van der Waals surface area (Å²) in [4.78, 5) is 21.3. The first-order valence-corrected chi connectivity index (χ1v) is 9.71. The molecule has 0 spiro atoms. The Kier molecular flexibility index (Phi) is 3.82. The van der Waals surface area contributed by atoms with E-state index in [1.54, 1.807) is 23.1 Å². The molecule has 4 heterocycles. The molecule has 0 bridgehead atoms. The van der Waals surface area contributed by atoms with E-state index < -0.39 is 0 Å².